The van der Waals surface area contributed by atoms with Gasteiger partial charge in [-0.1, -0.05) is 18.5 Å². The first-order valence-corrected chi connectivity index (χ1v) is 11.5. The van der Waals surface area contributed by atoms with E-state index >= 15 is 0 Å². The molecule has 3 aromatic heterocycles. The molecule has 0 unspecified atom stereocenters. The molecule has 1 aliphatic heterocycles. The van der Waals surface area contributed by atoms with E-state index in [4.69, 9.17) is 16.7 Å². The summed E-state index contributed by atoms with van der Waals surface area (Å²) >= 11 is 6.07. The Morgan fingerprint density at radius 3 is 2.42 bits per heavy atom. The molecule has 170 valence electrons. The molecule has 9 heteroatoms. The van der Waals surface area contributed by atoms with Crippen LogP contribution in [-0.2, 0) is 11.3 Å². The molecule has 1 aliphatic rings. The van der Waals surface area contributed by atoms with E-state index in [2.05, 4.69) is 12.0 Å². The van der Waals surface area contributed by atoms with Crippen LogP contribution in [0.4, 0.5) is 0 Å². The highest BCUT2D eigenvalue weighted by molar-refractivity contribution is 6.30. The number of carbonyl (C=O) groups excluding carboxylic acids is 1. The lowest BCUT2D eigenvalue weighted by atomic mass is 9.99. The van der Waals surface area contributed by atoms with Crippen LogP contribution in [0.15, 0.2) is 53.6 Å². The van der Waals surface area contributed by atoms with Crippen molar-refractivity contribution in [3.63, 3.8) is 0 Å². The third-order valence-electron chi connectivity index (χ3n) is 6.26. The molecule has 1 amide bonds. The normalized spacial score (nSPS) is 14.8. The molecular formula is C24H25ClN6O2. The summed E-state index contributed by atoms with van der Waals surface area (Å²) in [5.74, 6) is 1.14. The number of halogens is 1. The van der Waals surface area contributed by atoms with Gasteiger partial charge >= 0.3 is 0 Å². The van der Waals surface area contributed by atoms with E-state index in [1.165, 1.54) is 4.68 Å². The van der Waals surface area contributed by atoms with Gasteiger partial charge < -0.3 is 9.47 Å². The lowest BCUT2D eigenvalue weighted by molar-refractivity contribution is -0.133. The highest BCUT2D eigenvalue weighted by Gasteiger charge is 2.25. The Morgan fingerprint density at radius 1 is 1.09 bits per heavy atom. The van der Waals surface area contributed by atoms with Crippen molar-refractivity contribution in [2.45, 2.75) is 33.2 Å². The van der Waals surface area contributed by atoms with Crippen LogP contribution < -0.4 is 5.56 Å². The van der Waals surface area contributed by atoms with Gasteiger partial charge in [0.05, 0.1) is 11.4 Å². The molecule has 0 saturated carbocycles. The number of nitrogens with zero attached hydrogens (tertiary/aromatic N) is 6. The number of hydrogen-bond donors (Lipinski definition) is 0. The van der Waals surface area contributed by atoms with Crippen molar-refractivity contribution in [2.75, 3.05) is 13.1 Å². The van der Waals surface area contributed by atoms with Gasteiger partial charge in [-0.15, -0.1) is 0 Å². The van der Waals surface area contributed by atoms with Crippen molar-refractivity contribution < 1.29 is 4.79 Å². The molecule has 0 N–H and O–H groups in total. The minimum Gasteiger partial charge on any atom is -0.341 e. The van der Waals surface area contributed by atoms with Crippen molar-refractivity contribution in [1.82, 2.24) is 29.0 Å². The molecule has 0 radical (unpaired) electrons. The van der Waals surface area contributed by atoms with Crippen molar-refractivity contribution in [3.8, 4) is 11.5 Å². The first-order valence-electron chi connectivity index (χ1n) is 11.1. The molecule has 1 fully saturated rings. The number of carbonyl (C=O) groups is 1. The second-order valence-electron chi connectivity index (χ2n) is 8.64. The Bertz CT molecular complexity index is 1360. The summed E-state index contributed by atoms with van der Waals surface area (Å²) in [4.78, 5) is 28.4. The van der Waals surface area contributed by atoms with Crippen LogP contribution >= 0.6 is 11.6 Å². The number of hydrogen-bond acceptors (Lipinski definition) is 4. The molecule has 0 aliphatic carbocycles. The number of aromatic nitrogens is 5. The summed E-state index contributed by atoms with van der Waals surface area (Å²) in [6, 6.07) is 11.0. The zero-order valence-electron chi connectivity index (χ0n) is 18.6. The Hall–Kier alpha value is -3.39. The van der Waals surface area contributed by atoms with Gasteiger partial charge in [-0.05, 0) is 62.1 Å². The number of benzene rings is 1. The molecule has 0 spiro atoms. The molecule has 8 nitrogen and oxygen atoms in total. The number of amides is 1. The zero-order valence-corrected chi connectivity index (χ0v) is 19.4. The third-order valence-corrected chi connectivity index (χ3v) is 6.52. The lowest BCUT2D eigenvalue weighted by Gasteiger charge is -2.30. The minimum atomic E-state index is -0.335. The average molecular weight is 465 g/mol. The highest BCUT2D eigenvalue weighted by Crippen LogP contribution is 2.25. The molecule has 4 heterocycles. The topological polar surface area (TPSA) is 78.0 Å². The second kappa shape index (κ2) is 8.51. The van der Waals surface area contributed by atoms with E-state index in [9.17, 15) is 9.59 Å². The van der Waals surface area contributed by atoms with Gasteiger partial charge in [0, 0.05) is 30.5 Å². The molecule has 0 atom stereocenters. The smallest absolute Gasteiger partial charge is 0.280 e. The van der Waals surface area contributed by atoms with Gasteiger partial charge in [-0.2, -0.15) is 10.2 Å². The minimum absolute atomic E-state index is 0.0807. The quantitative estimate of drug-likeness (QED) is 0.462. The molecule has 5 rings (SSSR count). The second-order valence-corrected chi connectivity index (χ2v) is 9.07. The Balaban J connectivity index is 1.63. The van der Waals surface area contributed by atoms with E-state index in [-0.39, 0.29) is 18.0 Å². The molecule has 33 heavy (non-hydrogen) atoms. The number of likely N-dealkylation sites (tertiary alicyclic amines) is 1. The summed E-state index contributed by atoms with van der Waals surface area (Å²) in [6.45, 7) is 5.37. The first kappa shape index (κ1) is 21.5. The predicted octanol–water partition coefficient (Wildman–Crippen LogP) is 3.59. The maximum Gasteiger partial charge on any atom is 0.280 e. The summed E-state index contributed by atoms with van der Waals surface area (Å²) in [5, 5.41) is 10.2. The fourth-order valence-corrected chi connectivity index (χ4v) is 4.46. The summed E-state index contributed by atoms with van der Waals surface area (Å²) < 4.78 is 4.84. The van der Waals surface area contributed by atoms with Gasteiger partial charge in [0.25, 0.3) is 5.56 Å². The maximum atomic E-state index is 13.6. The number of fused-ring (bicyclic) bond motifs is 1. The van der Waals surface area contributed by atoms with E-state index in [1.54, 1.807) is 16.8 Å². The van der Waals surface area contributed by atoms with Gasteiger partial charge in [-0.3, -0.25) is 9.59 Å². The average Bonchev–Trinajstić information content (AvgIpc) is 3.46. The van der Waals surface area contributed by atoms with Crippen LogP contribution in [0, 0.1) is 12.8 Å². The monoisotopic (exact) mass is 464 g/mol. The summed E-state index contributed by atoms with van der Waals surface area (Å²) in [5.41, 5.74) is 1.53. The van der Waals surface area contributed by atoms with Crippen LogP contribution in [0.5, 0.6) is 0 Å². The largest absolute Gasteiger partial charge is 0.341 e. The Kier molecular flexibility index (Phi) is 5.54. The van der Waals surface area contributed by atoms with Crippen molar-refractivity contribution in [3.05, 3.63) is 69.9 Å². The standard InChI is InChI=1S/C24H25ClN6O2/c1-16-9-13-28(14-10-16)20(32)15-30-24(33)21-22(17(2)26-30)27-31(19-7-5-18(25)6-8-19)23(21)29-11-3-4-12-29/h3-8,11-12,16H,9-10,13-15H2,1-2H3. The molecule has 1 saturated heterocycles. The first-order chi connectivity index (χ1) is 15.9. The molecule has 1 aromatic carbocycles. The maximum absolute atomic E-state index is 13.6. The van der Waals surface area contributed by atoms with Crippen LogP contribution in [0.2, 0.25) is 5.02 Å². The summed E-state index contributed by atoms with van der Waals surface area (Å²) in [6.07, 6.45) is 5.69. The molecule has 0 bridgehead atoms. The van der Waals surface area contributed by atoms with E-state index < -0.39 is 0 Å². The van der Waals surface area contributed by atoms with E-state index in [0.717, 1.165) is 31.6 Å². The highest BCUT2D eigenvalue weighted by atomic mass is 35.5. The van der Waals surface area contributed by atoms with Gasteiger partial charge in [0.1, 0.15) is 17.4 Å². The lowest BCUT2D eigenvalue weighted by Crippen LogP contribution is -2.41. The van der Waals surface area contributed by atoms with Gasteiger partial charge in [0.2, 0.25) is 5.91 Å². The van der Waals surface area contributed by atoms with Crippen LogP contribution in [0.25, 0.3) is 22.4 Å². The zero-order chi connectivity index (χ0) is 23.1. The fraction of sp³-hybridized carbons (Fsp3) is 0.333. The molecular weight excluding hydrogens is 440 g/mol. The Morgan fingerprint density at radius 2 is 1.76 bits per heavy atom. The van der Waals surface area contributed by atoms with E-state index in [0.29, 0.717) is 33.4 Å². The number of aryl methyl sites for hydroxylation is 1. The van der Waals surface area contributed by atoms with Crippen molar-refractivity contribution in [1.29, 1.82) is 0 Å². The number of piperidine rings is 1. The SMILES string of the molecule is Cc1nn(CC(=O)N2CCC(C)CC2)c(=O)c2c(-n3cccc3)n(-c3ccc(Cl)cc3)nc12. The summed E-state index contributed by atoms with van der Waals surface area (Å²) in [7, 11) is 0. The Labute approximate surface area is 196 Å². The molecule has 4 aromatic rings. The van der Waals surface area contributed by atoms with Crippen LogP contribution in [0.3, 0.4) is 0 Å². The van der Waals surface area contributed by atoms with Crippen molar-refractivity contribution in [2.24, 2.45) is 5.92 Å². The van der Waals surface area contributed by atoms with Crippen LogP contribution in [-0.4, -0.2) is 48.0 Å². The van der Waals surface area contributed by atoms with Gasteiger partial charge in [0.15, 0.2) is 5.82 Å². The fourth-order valence-electron chi connectivity index (χ4n) is 4.33. The number of rotatable bonds is 4. The van der Waals surface area contributed by atoms with Crippen LogP contribution in [0.1, 0.15) is 25.5 Å². The van der Waals surface area contributed by atoms with Crippen molar-refractivity contribution >= 4 is 28.4 Å². The third kappa shape index (κ3) is 3.95. The predicted molar refractivity (Wildman–Crippen MR) is 127 cm³/mol. The van der Waals surface area contributed by atoms with E-state index in [1.807, 2.05) is 53.0 Å². The van der Waals surface area contributed by atoms with Gasteiger partial charge in [-0.25, -0.2) is 9.36 Å².